The minimum atomic E-state index is -0.224. The molecule has 1 amide bonds. The summed E-state index contributed by atoms with van der Waals surface area (Å²) >= 11 is 1.61. The van der Waals surface area contributed by atoms with Gasteiger partial charge in [-0.2, -0.15) is 4.98 Å². The van der Waals surface area contributed by atoms with Gasteiger partial charge in [0.15, 0.2) is 5.82 Å². The lowest BCUT2D eigenvalue weighted by atomic mass is 10.2. The topological polar surface area (TPSA) is 73.4 Å². The molecule has 0 atom stereocenters. The average molecular weight is 374 g/mol. The highest BCUT2D eigenvalue weighted by Crippen LogP contribution is 2.31. The number of hydrogen-bond acceptors (Lipinski definition) is 7. The maximum Gasteiger partial charge on any atom is 0.244 e. The highest BCUT2D eigenvalue weighted by atomic mass is 32.2. The SMILES string of the molecule is Cc1nc(NC2CN(Sc3ccc(F)cc3)C2)nc2c1NC(=O)CN2C. The molecule has 1 saturated heterocycles. The van der Waals surface area contributed by atoms with Gasteiger partial charge in [0.25, 0.3) is 0 Å². The smallest absolute Gasteiger partial charge is 0.244 e. The molecule has 3 heterocycles. The lowest BCUT2D eigenvalue weighted by Gasteiger charge is -2.38. The minimum Gasteiger partial charge on any atom is -0.349 e. The Labute approximate surface area is 155 Å². The van der Waals surface area contributed by atoms with Crippen LogP contribution in [0.1, 0.15) is 5.69 Å². The first kappa shape index (κ1) is 17.0. The van der Waals surface area contributed by atoms with Gasteiger partial charge in [0.1, 0.15) is 11.5 Å². The number of carbonyl (C=O) groups excluding carboxylic acids is 1. The van der Waals surface area contributed by atoms with Crippen molar-refractivity contribution in [2.75, 3.05) is 42.2 Å². The summed E-state index contributed by atoms with van der Waals surface area (Å²) in [6, 6.07) is 6.75. The van der Waals surface area contributed by atoms with Gasteiger partial charge in [-0.15, -0.1) is 0 Å². The van der Waals surface area contributed by atoms with Crippen molar-refractivity contribution in [2.45, 2.75) is 17.9 Å². The van der Waals surface area contributed by atoms with E-state index in [-0.39, 0.29) is 24.3 Å². The number of anilines is 3. The van der Waals surface area contributed by atoms with Gasteiger partial charge in [0, 0.05) is 25.0 Å². The lowest BCUT2D eigenvalue weighted by molar-refractivity contribution is -0.115. The van der Waals surface area contributed by atoms with Gasteiger partial charge in [0.05, 0.1) is 18.3 Å². The summed E-state index contributed by atoms with van der Waals surface area (Å²) in [6.07, 6.45) is 0. The molecule has 2 aliphatic rings. The van der Waals surface area contributed by atoms with Gasteiger partial charge in [-0.1, -0.05) is 0 Å². The molecular formula is C17H19FN6OS. The van der Waals surface area contributed by atoms with Gasteiger partial charge in [-0.05, 0) is 43.1 Å². The largest absolute Gasteiger partial charge is 0.349 e. The zero-order chi connectivity index (χ0) is 18.3. The fraction of sp³-hybridized carbons (Fsp3) is 0.353. The number of aromatic nitrogens is 2. The molecule has 26 heavy (non-hydrogen) atoms. The summed E-state index contributed by atoms with van der Waals surface area (Å²) in [7, 11) is 1.85. The molecule has 1 fully saturated rings. The first-order valence-electron chi connectivity index (χ1n) is 8.32. The molecule has 0 bridgehead atoms. The van der Waals surface area contributed by atoms with Crippen LogP contribution < -0.4 is 15.5 Å². The molecule has 0 aliphatic carbocycles. The molecule has 2 aromatic rings. The normalized spacial score (nSPS) is 17.5. The number of benzene rings is 1. The van der Waals surface area contributed by atoms with Crippen molar-refractivity contribution in [3.63, 3.8) is 0 Å². The Bertz CT molecular complexity index is 840. The Kier molecular flexibility index (Phi) is 4.41. The molecule has 4 rings (SSSR count). The molecule has 1 aromatic carbocycles. The minimum absolute atomic E-state index is 0.0557. The van der Waals surface area contributed by atoms with Crippen LogP contribution in [0.5, 0.6) is 0 Å². The van der Waals surface area contributed by atoms with E-state index < -0.39 is 0 Å². The summed E-state index contributed by atoms with van der Waals surface area (Å²) in [5.41, 5.74) is 1.42. The Morgan fingerprint density at radius 2 is 2.00 bits per heavy atom. The van der Waals surface area contributed by atoms with Crippen LogP contribution in [-0.2, 0) is 4.79 Å². The first-order valence-corrected chi connectivity index (χ1v) is 9.10. The highest BCUT2D eigenvalue weighted by Gasteiger charge is 2.29. The van der Waals surface area contributed by atoms with Gasteiger partial charge in [-0.25, -0.2) is 13.7 Å². The molecule has 136 valence electrons. The van der Waals surface area contributed by atoms with Crippen LogP contribution in [-0.4, -0.2) is 52.9 Å². The second kappa shape index (κ2) is 6.73. The second-order valence-electron chi connectivity index (χ2n) is 6.47. The predicted molar refractivity (Wildman–Crippen MR) is 99.9 cm³/mol. The molecular weight excluding hydrogens is 355 g/mol. The van der Waals surface area contributed by atoms with Gasteiger partial charge < -0.3 is 15.5 Å². The van der Waals surface area contributed by atoms with Gasteiger partial charge >= 0.3 is 0 Å². The number of rotatable bonds is 4. The van der Waals surface area contributed by atoms with E-state index in [2.05, 4.69) is 24.9 Å². The monoisotopic (exact) mass is 374 g/mol. The Morgan fingerprint density at radius 1 is 1.27 bits per heavy atom. The van der Waals surface area contributed by atoms with Crippen LogP contribution in [0, 0.1) is 12.7 Å². The van der Waals surface area contributed by atoms with Crippen LogP contribution in [0.4, 0.5) is 21.8 Å². The first-order chi connectivity index (χ1) is 12.5. The molecule has 0 saturated carbocycles. The summed E-state index contributed by atoms with van der Waals surface area (Å²) < 4.78 is 15.1. The third-order valence-electron chi connectivity index (χ3n) is 4.31. The van der Waals surface area contributed by atoms with Gasteiger partial charge in [0.2, 0.25) is 11.9 Å². The molecule has 2 aliphatic heterocycles. The van der Waals surface area contributed by atoms with Crippen molar-refractivity contribution in [1.29, 1.82) is 0 Å². The van der Waals surface area contributed by atoms with E-state index in [1.54, 1.807) is 24.1 Å². The summed E-state index contributed by atoms with van der Waals surface area (Å²) in [5.74, 6) is 1.02. The van der Waals surface area contributed by atoms with E-state index in [9.17, 15) is 9.18 Å². The van der Waals surface area contributed by atoms with E-state index in [1.165, 1.54) is 12.1 Å². The maximum absolute atomic E-state index is 13.0. The number of amides is 1. The lowest BCUT2D eigenvalue weighted by Crippen LogP contribution is -2.51. The summed E-state index contributed by atoms with van der Waals surface area (Å²) in [6.45, 7) is 3.83. The van der Waals surface area contributed by atoms with Crippen molar-refractivity contribution in [1.82, 2.24) is 14.3 Å². The molecule has 9 heteroatoms. The fourth-order valence-corrected chi connectivity index (χ4v) is 4.01. The second-order valence-corrected chi connectivity index (χ2v) is 7.64. The van der Waals surface area contributed by atoms with E-state index in [0.717, 1.165) is 29.5 Å². The predicted octanol–water partition coefficient (Wildman–Crippen LogP) is 2.12. The molecule has 0 unspecified atom stereocenters. The Balaban J connectivity index is 1.37. The number of carbonyl (C=O) groups is 1. The highest BCUT2D eigenvalue weighted by molar-refractivity contribution is 7.97. The number of nitrogens with zero attached hydrogens (tertiary/aromatic N) is 4. The standard InChI is InChI=1S/C17H19FN6OS/c1-10-15-16(23(2)9-14(25)21-15)22-17(19-10)20-12-7-24(8-12)26-13-5-3-11(18)4-6-13/h3-6,12H,7-9H2,1-2H3,(H,21,25)(H,19,20,22). The molecule has 7 nitrogen and oxygen atoms in total. The fourth-order valence-electron chi connectivity index (χ4n) is 2.95. The van der Waals surface area contributed by atoms with Gasteiger partial charge in [-0.3, -0.25) is 4.79 Å². The van der Waals surface area contributed by atoms with Crippen LogP contribution in [0.25, 0.3) is 0 Å². The molecule has 0 radical (unpaired) electrons. The van der Waals surface area contributed by atoms with E-state index in [0.29, 0.717) is 11.6 Å². The quantitative estimate of drug-likeness (QED) is 0.794. The number of nitrogens with one attached hydrogen (secondary N) is 2. The van der Waals surface area contributed by atoms with Crippen molar-refractivity contribution in [2.24, 2.45) is 0 Å². The van der Waals surface area contributed by atoms with E-state index >= 15 is 0 Å². The van der Waals surface area contributed by atoms with E-state index in [1.807, 2.05) is 18.9 Å². The van der Waals surface area contributed by atoms with Crippen LogP contribution in [0.3, 0.4) is 0 Å². The number of fused-ring (bicyclic) bond motifs is 1. The zero-order valence-corrected chi connectivity index (χ0v) is 15.3. The van der Waals surface area contributed by atoms with E-state index in [4.69, 9.17) is 0 Å². The number of aryl methyl sites for hydroxylation is 1. The van der Waals surface area contributed by atoms with Crippen molar-refractivity contribution < 1.29 is 9.18 Å². The Morgan fingerprint density at radius 3 is 2.73 bits per heavy atom. The summed E-state index contributed by atoms with van der Waals surface area (Å²) in [4.78, 5) is 23.5. The maximum atomic E-state index is 13.0. The third kappa shape index (κ3) is 3.45. The van der Waals surface area contributed by atoms with Crippen LogP contribution in [0.2, 0.25) is 0 Å². The average Bonchev–Trinajstić information content (AvgIpc) is 2.56. The zero-order valence-electron chi connectivity index (χ0n) is 14.5. The molecule has 0 spiro atoms. The van der Waals surface area contributed by atoms with Crippen LogP contribution in [0.15, 0.2) is 29.2 Å². The number of halogens is 1. The summed E-state index contributed by atoms with van der Waals surface area (Å²) in [5, 5.41) is 6.18. The third-order valence-corrected chi connectivity index (χ3v) is 5.35. The molecule has 1 aromatic heterocycles. The van der Waals surface area contributed by atoms with Crippen LogP contribution >= 0.6 is 11.9 Å². The number of likely N-dealkylation sites (N-methyl/N-ethyl adjacent to an activating group) is 1. The number of hydrogen-bond donors (Lipinski definition) is 2. The van der Waals surface area contributed by atoms with Crippen molar-refractivity contribution >= 4 is 35.3 Å². The Hall–Kier alpha value is -2.39. The van der Waals surface area contributed by atoms with Crippen molar-refractivity contribution in [3.05, 3.63) is 35.8 Å². The molecule has 2 N–H and O–H groups in total. The van der Waals surface area contributed by atoms with Crippen molar-refractivity contribution in [3.8, 4) is 0 Å².